The van der Waals surface area contributed by atoms with Crippen LogP contribution in [0, 0.1) is 5.82 Å². The maximum Gasteiger partial charge on any atom is 0.494 e. The summed E-state index contributed by atoms with van der Waals surface area (Å²) in [6.07, 6.45) is 0. The summed E-state index contributed by atoms with van der Waals surface area (Å²) in [4.78, 5) is 11.0. The van der Waals surface area contributed by atoms with E-state index < -0.39 is 30.1 Å². The van der Waals surface area contributed by atoms with Crippen molar-refractivity contribution < 1.29 is 28.0 Å². The summed E-state index contributed by atoms with van der Waals surface area (Å²) >= 11 is 0. The topological polar surface area (TPSA) is 54.0 Å². The SMILES string of the molecule is COC(=O)COc1ccc(B2OC(C)(C)C(C)(C)O2)cc1F. The first-order valence-electron chi connectivity index (χ1n) is 7.01. The van der Waals surface area contributed by atoms with Gasteiger partial charge in [0.2, 0.25) is 0 Å². The molecule has 1 saturated heterocycles. The van der Waals surface area contributed by atoms with Crippen molar-refractivity contribution in [3.63, 3.8) is 0 Å². The highest BCUT2D eigenvalue weighted by Crippen LogP contribution is 2.36. The lowest BCUT2D eigenvalue weighted by Crippen LogP contribution is -2.41. The van der Waals surface area contributed by atoms with Gasteiger partial charge in [-0.2, -0.15) is 0 Å². The van der Waals surface area contributed by atoms with E-state index in [0.29, 0.717) is 5.46 Å². The second-order valence-corrected chi connectivity index (χ2v) is 6.14. The summed E-state index contributed by atoms with van der Waals surface area (Å²) in [6.45, 7) is 7.37. The van der Waals surface area contributed by atoms with Gasteiger partial charge in [-0.05, 0) is 45.3 Å². The molecule has 0 N–H and O–H groups in total. The van der Waals surface area contributed by atoms with E-state index in [1.54, 1.807) is 6.07 Å². The average Bonchev–Trinajstić information content (AvgIpc) is 2.65. The van der Waals surface area contributed by atoms with E-state index in [9.17, 15) is 9.18 Å². The Labute approximate surface area is 129 Å². The number of carbonyl (C=O) groups excluding carboxylic acids is 1. The zero-order valence-electron chi connectivity index (χ0n) is 13.4. The molecular weight excluding hydrogens is 290 g/mol. The third kappa shape index (κ3) is 3.25. The first kappa shape index (κ1) is 16.8. The highest BCUT2D eigenvalue weighted by atomic mass is 19.1. The summed E-state index contributed by atoms with van der Waals surface area (Å²) < 4.78 is 35.3. The molecule has 0 atom stereocenters. The molecule has 0 bridgehead atoms. The Bertz CT molecular complexity index is 557. The number of carbonyl (C=O) groups is 1. The van der Waals surface area contributed by atoms with E-state index in [1.165, 1.54) is 19.2 Å². The van der Waals surface area contributed by atoms with Gasteiger partial charge < -0.3 is 18.8 Å². The predicted octanol–water partition coefficient (Wildman–Crippen LogP) is 1.68. The summed E-state index contributed by atoms with van der Waals surface area (Å²) in [5, 5.41) is 0. The number of methoxy groups -OCH3 is 1. The molecule has 0 saturated carbocycles. The van der Waals surface area contributed by atoms with E-state index in [2.05, 4.69) is 4.74 Å². The second-order valence-electron chi connectivity index (χ2n) is 6.14. The monoisotopic (exact) mass is 310 g/mol. The summed E-state index contributed by atoms with van der Waals surface area (Å²) in [7, 11) is 0.595. The molecule has 0 spiro atoms. The van der Waals surface area contributed by atoms with Crippen molar-refractivity contribution in [1.29, 1.82) is 0 Å². The molecule has 1 aromatic rings. The van der Waals surface area contributed by atoms with Crippen LogP contribution < -0.4 is 10.2 Å². The molecule has 7 heteroatoms. The van der Waals surface area contributed by atoms with Gasteiger partial charge in [-0.1, -0.05) is 6.07 Å². The smallest absolute Gasteiger partial charge is 0.479 e. The van der Waals surface area contributed by atoms with Crippen LogP contribution in [0.25, 0.3) is 0 Å². The van der Waals surface area contributed by atoms with Crippen molar-refractivity contribution in [2.24, 2.45) is 0 Å². The molecule has 120 valence electrons. The number of rotatable bonds is 4. The maximum absolute atomic E-state index is 14.1. The van der Waals surface area contributed by atoms with Gasteiger partial charge in [0.25, 0.3) is 0 Å². The molecule has 0 aliphatic carbocycles. The van der Waals surface area contributed by atoms with Gasteiger partial charge in [-0.25, -0.2) is 9.18 Å². The second kappa shape index (κ2) is 5.89. The van der Waals surface area contributed by atoms with E-state index in [0.717, 1.165) is 0 Å². The quantitative estimate of drug-likeness (QED) is 0.625. The van der Waals surface area contributed by atoms with Gasteiger partial charge in [0.1, 0.15) is 0 Å². The van der Waals surface area contributed by atoms with Crippen molar-refractivity contribution in [3.8, 4) is 5.75 Å². The van der Waals surface area contributed by atoms with E-state index in [1.807, 2.05) is 27.7 Å². The summed E-state index contributed by atoms with van der Waals surface area (Å²) in [6, 6.07) is 4.38. The Balaban J connectivity index is 2.12. The Morgan fingerprint density at radius 3 is 2.32 bits per heavy atom. The molecular formula is C15H20BFO5. The predicted molar refractivity (Wildman–Crippen MR) is 79.6 cm³/mol. The number of esters is 1. The zero-order valence-corrected chi connectivity index (χ0v) is 13.4. The van der Waals surface area contributed by atoms with E-state index in [4.69, 9.17) is 14.0 Å². The number of halogens is 1. The maximum atomic E-state index is 14.1. The van der Waals surface area contributed by atoms with Crippen LogP contribution in [-0.2, 0) is 18.8 Å². The van der Waals surface area contributed by atoms with Crippen LogP contribution in [0.1, 0.15) is 27.7 Å². The summed E-state index contributed by atoms with van der Waals surface area (Å²) in [5.41, 5.74) is -0.427. The lowest BCUT2D eigenvalue weighted by molar-refractivity contribution is -0.142. The van der Waals surface area contributed by atoms with Gasteiger partial charge in [0.15, 0.2) is 18.2 Å². The molecule has 0 amide bonds. The molecule has 0 unspecified atom stereocenters. The lowest BCUT2D eigenvalue weighted by Gasteiger charge is -2.32. The Morgan fingerprint density at radius 1 is 1.23 bits per heavy atom. The van der Waals surface area contributed by atoms with E-state index in [-0.39, 0.29) is 12.4 Å². The minimum atomic E-state index is -0.644. The van der Waals surface area contributed by atoms with E-state index >= 15 is 0 Å². The van der Waals surface area contributed by atoms with Crippen LogP contribution in [0.3, 0.4) is 0 Å². The number of benzene rings is 1. The summed E-state index contributed by atoms with van der Waals surface area (Å²) in [5.74, 6) is -1.18. The minimum Gasteiger partial charge on any atom is -0.479 e. The zero-order chi connectivity index (χ0) is 16.5. The number of ether oxygens (including phenoxy) is 2. The molecule has 0 radical (unpaired) electrons. The first-order valence-corrected chi connectivity index (χ1v) is 7.01. The van der Waals surface area contributed by atoms with Crippen molar-refractivity contribution in [2.75, 3.05) is 13.7 Å². The highest BCUT2D eigenvalue weighted by Gasteiger charge is 2.51. The van der Waals surface area contributed by atoms with Crippen LogP contribution in [0.2, 0.25) is 0 Å². The third-order valence-corrected chi connectivity index (χ3v) is 4.05. The van der Waals surface area contributed by atoms with Gasteiger partial charge in [-0.3, -0.25) is 0 Å². The number of hydrogen-bond donors (Lipinski definition) is 0. The van der Waals surface area contributed by atoms with Gasteiger partial charge in [-0.15, -0.1) is 0 Å². The van der Waals surface area contributed by atoms with Crippen molar-refractivity contribution in [3.05, 3.63) is 24.0 Å². The highest BCUT2D eigenvalue weighted by molar-refractivity contribution is 6.62. The molecule has 1 aliphatic rings. The Hall–Kier alpha value is -1.60. The van der Waals surface area contributed by atoms with Crippen LogP contribution in [0.15, 0.2) is 18.2 Å². The number of hydrogen-bond acceptors (Lipinski definition) is 5. The fourth-order valence-electron chi connectivity index (χ4n) is 1.96. The fourth-order valence-corrected chi connectivity index (χ4v) is 1.96. The minimum absolute atomic E-state index is 0.0225. The molecule has 1 aliphatic heterocycles. The largest absolute Gasteiger partial charge is 0.494 e. The normalized spacial score (nSPS) is 19.1. The molecule has 1 fully saturated rings. The van der Waals surface area contributed by atoms with Crippen LogP contribution in [0.4, 0.5) is 4.39 Å². The van der Waals surface area contributed by atoms with Crippen LogP contribution >= 0.6 is 0 Å². The molecule has 0 aromatic heterocycles. The van der Waals surface area contributed by atoms with Crippen LogP contribution in [-0.4, -0.2) is 38.0 Å². The van der Waals surface area contributed by atoms with Gasteiger partial charge in [0.05, 0.1) is 18.3 Å². The van der Waals surface area contributed by atoms with Crippen molar-refractivity contribution >= 4 is 18.6 Å². The average molecular weight is 310 g/mol. The fraction of sp³-hybridized carbons (Fsp3) is 0.533. The molecule has 1 aromatic carbocycles. The molecule has 1 heterocycles. The molecule has 2 rings (SSSR count). The lowest BCUT2D eigenvalue weighted by atomic mass is 9.79. The standard InChI is InChI=1S/C15H20BFO5/c1-14(2)15(3,4)22-16(21-14)10-6-7-12(11(17)8-10)20-9-13(18)19-5/h6-8H,9H2,1-5H3. The van der Waals surface area contributed by atoms with Gasteiger partial charge >= 0.3 is 13.1 Å². The Kier molecular flexibility index (Phi) is 4.49. The van der Waals surface area contributed by atoms with Crippen molar-refractivity contribution in [2.45, 2.75) is 38.9 Å². The van der Waals surface area contributed by atoms with Crippen molar-refractivity contribution in [1.82, 2.24) is 0 Å². The molecule has 5 nitrogen and oxygen atoms in total. The molecule has 22 heavy (non-hydrogen) atoms. The third-order valence-electron chi connectivity index (χ3n) is 4.05. The van der Waals surface area contributed by atoms with Crippen LogP contribution in [0.5, 0.6) is 5.75 Å². The van der Waals surface area contributed by atoms with Gasteiger partial charge in [0, 0.05) is 0 Å². The Morgan fingerprint density at radius 2 is 1.82 bits per heavy atom. The first-order chi connectivity index (χ1) is 10.2.